The Kier molecular flexibility index (Phi) is 4.00. The molecule has 2 aromatic heterocycles. The molecule has 9 heteroatoms. The van der Waals surface area contributed by atoms with Crippen molar-refractivity contribution in [3.63, 3.8) is 0 Å². The summed E-state index contributed by atoms with van der Waals surface area (Å²) in [6.07, 6.45) is 3.79. The Morgan fingerprint density at radius 3 is 2.55 bits per heavy atom. The summed E-state index contributed by atoms with van der Waals surface area (Å²) in [7, 11) is -3.80. The first kappa shape index (κ1) is 14.4. The monoisotopic (exact) mass is 357 g/mol. The highest BCUT2D eigenvalue weighted by molar-refractivity contribution is 9.10. The number of carbonyl (C=O) groups is 1. The van der Waals surface area contributed by atoms with Crippen LogP contribution in [0.15, 0.2) is 46.2 Å². The van der Waals surface area contributed by atoms with Gasteiger partial charge in [0.1, 0.15) is 10.6 Å². The molecule has 2 heterocycles. The average molecular weight is 358 g/mol. The van der Waals surface area contributed by atoms with E-state index in [-0.39, 0.29) is 16.3 Å². The number of halogens is 1. The molecule has 0 bridgehead atoms. The Morgan fingerprint density at radius 1 is 1.25 bits per heavy atom. The highest BCUT2D eigenvalue weighted by Gasteiger charge is 2.15. The van der Waals surface area contributed by atoms with Crippen molar-refractivity contribution in [3.05, 3.63) is 47.0 Å². The van der Waals surface area contributed by atoms with Crippen molar-refractivity contribution in [2.24, 2.45) is 0 Å². The van der Waals surface area contributed by atoms with E-state index < -0.39 is 16.0 Å². The number of pyridine rings is 2. The summed E-state index contributed by atoms with van der Waals surface area (Å²) in [5.41, 5.74) is -0.00737. The molecule has 0 saturated heterocycles. The topological polar surface area (TPSA) is 109 Å². The first-order chi connectivity index (χ1) is 9.38. The molecule has 0 amide bonds. The summed E-state index contributed by atoms with van der Waals surface area (Å²) in [5, 5.41) is 8.70. The average Bonchev–Trinajstić information content (AvgIpc) is 2.39. The second-order valence-corrected chi connectivity index (χ2v) is 6.28. The van der Waals surface area contributed by atoms with Crippen molar-refractivity contribution in [2.45, 2.75) is 4.90 Å². The Balaban J connectivity index is 2.26. The fraction of sp³-hybridized carbons (Fsp3) is 0. The summed E-state index contributed by atoms with van der Waals surface area (Å²) in [5.74, 6) is -1.18. The normalized spacial score (nSPS) is 11.1. The molecule has 0 aliphatic heterocycles. The van der Waals surface area contributed by atoms with Gasteiger partial charge in [0.05, 0.1) is 11.9 Å². The predicted molar refractivity (Wildman–Crippen MR) is 73.9 cm³/mol. The zero-order chi connectivity index (χ0) is 14.8. The lowest BCUT2D eigenvalue weighted by atomic mass is 10.3. The van der Waals surface area contributed by atoms with Crippen LogP contribution in [0.2, 0.25) is 0 Å². The zero-order valence-electron chi connectivity index (χ0n) is 9.82. The largest absolute Gasteiger partial charge is 0.477 e. The van der Waals surface area contributed by atoms with E-state index in [0.29, 0.717) is 4.47 Å². The van der Waals surface area contributed by atoms with Crippen LogP contribution in [-0.2, 0) is 10.0 Å². The lowest BCUT2D eigenvalue weighted by Crippen LogP contribution is -2.13. The Hall–Kier alpha value is -2.00. The van der Waals surface area contributed by atoms with Gasteiger partial charge in [0.25, 0.3) is 10.0 Å². The predicted octanol–water partition coefficient (Wildman–Crippen LogP) is 1.74. The smallest absolute Gasteiger partial charge is 0.354 e. The van der Waals surface area contributed by atoms with Crippen LogP contribution in [0, 0.1) is 0 Å². The maximum absolute atomic E-state index is 12.1. The van der Waals surface area contributed by atoms with E-state index in [4.69, 9.17) is 5.11 Å². The van der Waals surface area contributed by atoms with Crippen LogP contribution in [-0.4, -0.2) is 29.5 Å². The molecule has 0 aliphatic rings. The number of hydrogen-bond acceptors (Lipinski definition) is 5. The number of hydrogen-bond donors (Lipinski definition) is 2. The Bertz CT molecular complexity index is 747. The quantitative estimate of drug-likeness (QED) is 0.862. The summed E-state index contributed by atoms with van der Waals surface area (Å²) in [4.78, 5) is 18.0. The van der Waals surface area contributed by atoms with Gasteiger partial charge < -0.3 is 5.11 Å². The number of aromatic carboxylic acids is 1. The van der Waals surface area contributed by atoms with E-state index in [1.54, 1.807) is 0 Å². The molecule has 2 aromatic rings. The summed E-state index contributed by atoms with van der Waals surface area (Å²) >= 11 is 3.13. The highest BCUT2D eigenvalue weighted by atomic mass is 79.9. The second kappa shape index (κ2) is 5.55. The van der Waals surface area contributed by atoms with Crippen molar-refractivity contribution in [3.8, 4) is 0 Å². The minimum atomic E-state index is -3.80. The number of anilines is 1. The molecule has 2 N–H and O–H groups in total. The molecule has 104 valence electrons. The van der Waals surface area contributed by atoms with Crippen LogP contribution in [0.1, 0.15) is 10.5 Å². The van der Waals surface area contributed by atoms with Crippen molar-refractivity contribution in [1.29, 1.82) is 0 Å². The van der Waals surface area contributed by atoms with Gasteiger partial charge in [0.2, 0.25) is 0 Å². The fourth-order valence-electron chi connectivity index (χ4n) is 1.33. The van der Waals surface area contributed by atoms with E-state index in [2.05, 4.69) is 30.6 Å². The number of nitrogens with zero attached hydrogens (tertiary/aromatic N) is 2. The van der Waals surface area contributed by atoms with E-state index in [0.717, 1.165) is 6.20 Å². The summed E-state index contributed by atoms with van der Waals surface area (Å²) in [6, 6.07) is 3.92. The Labute approximate surface area is 122 Å². The third kappa shape index (κ3) is 3.31. The highest BCUT2D eigenvalue weighted by Crippen LogP contribution is 2.18. The number of nitrogens with one attached hydrogen (secondary N) is 1. The fourth-order valence-corrected chi connectivity index (χ4v) is 2.88. The Morgan fingerprint density at radius 2 is 2.00 bits per heavy atom. The number of sulfonamides is 1. The molecule has 0 spiro atoms. The standard InChI is InChI=1S/C11H8BrN3O4S/c12-7-3-9(6-13-4-7)20(18,19)15-8-1-2-10(11(16)17)14-5-8/h1-6,15H,(H,16,17). The first-order valence-corrected chi connectivity index (χ1v) is 7.49. The van der Waals surface area contributed by atoms with Crippen molar-refractivity contribution < 1.29 is 18.3 Å². The van der Waals surface area contributed by atoms with Gasteiger partial charge in [0, 0.05) is 16.9 Å². The van der Waals surface area contributed by atoms with Crippen LogP contribution in [0.3, 0.4) is 0 Å². The van der Waals surface area contributed by atoms with Crippen LogP contribution < -0.4 is 4.72 Å². The molecule has 2 rings (SSSR count). The molecule has 0 atom stereocenters. The van der Waals surface area contributed by atoms with Gasteiger partial charge in [0.15, 0.2) is 0 Å². The van der Waals surface area contributed by atoms with Gasteiger partial charge >= 0.3 is 5.97 Å². The number of aromatic nitrogens is 2. The van der Waals surface area contributed by atoms with Gasteiger partial charge in [-0.2, -0.15) is 0 Å². The van der Waals surface area contributed by atoms with E-state index in [1.807, 2.05) is 0 Å². The third-order valence-corrected chi connectivity index (χ3v) is 4.01. The molecule has 0 unspecified atom stereocenters. The molecule has 0 aromatic carbocycles. The molecule has 0 aliphatic carbocycles. The van der Waals surface area contributed by atoms with Gasteiger partial charge in [-0.15, -0.1) is 0 Å². The first-order valence-electron chi connectivity index (χ1n) is 5.21. The molecular formula is C11H8BrN3O4S. The maximum atomic E-state index is 12.1. The minimum absolute atomic E-state index is 0.0193. The van der Waals surface area contributed by atoms with Crippen LogP contribution in [0.4, 0.5) is 5.69 Å². The lowest BCUT2D eigenvalue weighted by molar-refractivity contribution is 0.0690. The number of carboxylic acids is 1. The summed E-state index contributed by atoms with van der Waals surface area (Å²) in [6.45, 7) is 0. The molecular weight excluding hydrogens is 350 g/mol. The molecule has 20 heavy (non-hydrogen) atoms. The number of rotatable bonds is 4. The van der Waals surface area contributed by atoms with Gasteiger partial charge in [-0.05, 0) is 34.1 Å². The SMILES string of the molecule is O=C(O)c1ccc(NS(=O)(=O)c2cncc(Br)c2)cn1. The zero-order valence-corrected chi connectivity index (χ0v) is 12.2. The third-order valence-electron chi connectivity index (χ3n) is 2.22. The maximum Gasteiger partial charge on any atom is 0.354 e. The molecule has 0 fully saturated rings. The van der Waals surface area contributed by atoms with Crippen molar-refractivity contribution >= 4 is 37.6 Å². The molecule has 0 radical (unpaired) electrons. The molecule has 0 saturated carbocycles. The van der Waals surface area contributed by atoms with Gasteiger partial charge in [-0.3, -0.25) is 9.71 Å². The lowest BCUT2D eigenvalue weighted by Gasteiger charge is -2.07. The van der Waals surface area contributed by atoms with E-state index in [1.165, 1.54) is 30.6 Å². The minimum Gasteiger partial charge on any atom is -0.477 e. The van der Waals surface area contributed by atoms with E-state index in [9.17, 15) is 13.2 Å². The molecule has 7 nitrogen and oxygen atoms in total. The van der Waals surface area contributed by atoms with Gasteiger partial charge in [-0.25, -0.2) is 18.2 Å². The van der Waals surface area contributed by atoms with Crippen molar-refractivity contribution in [1.82, 2.24) is 9.97 Å². The van der Waals surface area contributed by atoms with Gasteiger partial charge in [-0.1, -0.05) is 0 Å². The van der Waals surface area contributed by atoms with Crippen molar-refractivity contribution in [2.75, 3.05) is 4.72 Å². The van der Waals surface area contributed by atoms with Crippen LogP contribution in [0.25, 0.3) is 0 Å². The second-order valence-electron chi connectivity index (χ2n) is 3.68. The van der Waals surface area contributed by atoms with Crippen LogP contribution in [0.5, 0.6) is 0 Å². The summed E-state index contributed by atoms with van der Waals surface area (Å²) < 4.78 is 26.9. The van der Waals surface area contributed by atoms with E-state index >= 15 is 0 Å². The van der Waals surface area contributed by atoms with Crippen LogP contribution >= 0.6 is 15.9 Å². The number of carboxylic acid groups (broad SMARTS) is 1.